The summed E-state index contributed by atoms with van der Waals surface area (Å²) < 4.78 is 0. The molecule has 0 radical (unpaired) electrons. The van der Waals surface area contributed by atoms with Crippen LogP contribution in [0.25, 0.3) is 21.3 Å². The Morgan fingerprint density at radius 2 is 2.29 bits per heavy atom. The quantitative estimate of drug-likeness (QED) is 0.414. The van der Waals surface area contributed by atoms with Gasteiger partial charge in [-0.1, -0.05) is 0 Å². The largest absolute Gasteiger partial charge is 0.361 e. The van der Waals surface area contributed by atoms with Crippen LogP contribution >= 0.6 is 0 Å². The summed E-state index contributed by atoms with van der Waals surface area (Å²) in [4.78, 5) is 16.6. The molecule has 5 heteroatoms. The Hall–Kier alpha value is -2.26. The summed E-state index contributed by atoms with van der Waals surface area (Å²) in [7, 11) is 0. The molecule has 0 aliphatic rings. The molecule has 68 valence electrons. The Balaban J connectivity index is 2.53. The average molecular weight is 186 g/mol. The second-order valence-electron chi connectivity index (χ2n) is 2.77. The molecule has 2 rings (SSSR count). The number of rotatable bonds is 1. The van der Waals surface area contributed by atoms with Crippen molar-refractivity contribution in [3.63, 3.8) is 0 Å². The van der Waals surface area contributed by atoms with Crippen molar-refractivity contribution in [2.75, 3.05) is 0 Å². The molecule has 0 unspecified atom stereocenters. The molecule has 1 aromatic heterocycles. The van der Waals surface area contributed by atoms with Gasteiger partial charge in [-0.3, -0.25) is 4.79 Å². The second-order valence-corrected chi connectivity index (χ2v) is 2.77. The molecule has 5 nitrogen and oxygen atoms in total. The predicted molar refractivity (Wildman–Crippen MR) is 51.8 cm³/mol. The number of amides is 1. The van der Waals surface area contributed by atoms with Crippen molar-refractivity contribution in [2.45, 2.75) is 0 Å². The highest BCUT2D eigenvalue weighted by molar-refractivity contribution is 5.98. The predicted octanol–water partition coefficient (Wildman–Crippen LogP) is 2.62. The third kappa shape index (κ3) is 1.32. The Bertz CT molecular complexity index is 536. The second kappa shape index (κ2) is 3.24. The number of hydrogen-bond donors (Lipinski definition) is 1. The lowest BCUT2D eigenvalue weighted by atomic mass is 10.1. The van der Waals surface area contributed by atoms with Gasteiger partial charge in [0.25, 0.3) is 0 Å². The van der Waals surface area contributed by atoms with Crippen LogP contribution in [0.5, 0.6) is 0 Å². The van der Waals surface area contributed by atoms with E-state index >= 15 is 0 Å². The summed E-state index contributed by atoms with van der Waals surface area (Å²) in [5, 5.41) is 3.94. The molecule has 0 saturated heterocycles. The van der Waals surface area contributed by atoms with Gasteiger partial charge in [0, 0.05) is 27.6 Å². The van der Waals surface area contributed by atoms with E-state index < -0.39 is 5.91 Å². The van der Waals surface area contributed by atoms with Crippen LogP contribution in [0.15, 0.2) is 35.6 Å². The summed E-state index contributed by atoms with van der Waals surface area (Å²) in [6, 6.07) is 6.93. The maximum absolute atomic E-state index is 11.2. The summed E-state index contributed by atoms with van der Waals surface area (Å²) >= 11 is 0. The van der Waals surface area contributed by atoms with E-state index in [2.05, 4.69) is 15.0 Å². The number of fused-ring (bicyclic) bond motifs is 1. The minimum absolute atomic E-state index is 0.398. The highest BCUT2D eigenvalue weighted by Gasteiger charge is 2.03. The molecule has 1 heterocycles. The van der Waals surface area contributed by atoms with E-state index in [-0.39, 0.29) is 0 Å². The number of carbonyl (C=O) groups is 1. The normalized spacial score (nSPS) is 9.71. The number of hydrogen-bond acceptors (Lipinski definition) is 1. The van der Waals surface area contributed by atoms with E-state index in [0.29, 0.717) is 5.56 Å². The molecular weight excluding hydrogens is 180 g/mol. The molecule has 1 N–H and O–H groups in total. The standard InChI is InChI=1S/C9H6N4O/c10-13-12-9(14)7-1-2-8-6(5-7)3-4-11-8/h1-5,11H. The summed E-state index contributed by atoms with van der Waals surface area (Å²) in [6.07, 6.45) is 1.78. The first-order chi connectivity index (χ1) is 6.81. The zero-order valence-electron chi connectivity index (χ0n) is 7.14. The third-order valence-electron chi connectivity index (χ3n) is 1.94. The lowest BCUT2D eigenvalue weighted by molar-refractivity contribution is 0.100. The van der Waals surface area contributed by atoms with Crippen molar-refractivity contribution in [3.8, 4) is 0 Å². The van der Waals surface area contributed by atoms with Crippen molar-refractivity contribution < 1.29 is 4.79 Å². The fourth-order valence-electron chi connectivity index (χ4n) is 1.28. The minimum atomic E-state index is -0.560. The van der Waals surface area contributed by atoms with Crippen LogP contribution in [-0.2, 0) is 0 Å². The van der Waals surface area contributed by atoms with Crippen molar-refractivity contribution in [2.24, 2.45) is 5.11 Å². The van der Waals surface area contributed by atoms with Crippen LogP contribution < -0.4 is 0 Å². The van der Waals surface area contributed by atoms with Crippen LogP contribution in [0.4, 0.5) is 0 Å². The number of azide groups is 1. The van der Waals surface area contributed by atoms with Crippen LogP contribution in [0, 0.1) is 0 Å². The molecular formula is C9H6N4O. The molecule has 0 bridgehead atoms. The monoisotopic (exact) mass is 186 g/mol. The van der Waals surface area contributed by atoms with E-state index in [1.165, 1.54) is 0 Å². The van der Waals surface area contributed by atoms with Gasteiger partial charge in [0.1, 0.15) is 0 Å². The van der Waals surface area contributed by atoms with Gasteiger partial charge in [-0.15, -0.1) is 0 Å². The topological polar surface area (TPSA) is 81.6 Å². The molecule has 0 spiro atoms. The number of carbonyl (C=O) groups excluding carboxylic acids is 1. The Kier molecular flexibility index (Phi) is 1.93. The number of H-pyrrole nitrogens is 1. The van der Waals surface area contributed by atoms with Gasteiger partial charge in [-0.25, -0.2) is 0 Å². The van der Waals surface area contributed by atoms with Crippen LogP contribution in [-0.4, -0.2) is 10.9 Å². The van der Waals surface area contributed by atoms with Gasteiger partial charge in [0.15, 0.2) is 0 Å². The lowest BCUT2D eigenvalue weighted by Gasteiger charge is -1.94. The van der Waals surface area contributed by atoms with Gasteiger partial charge in [-0.2, -0.15) is 0 Å². The Labute approximate surface area is 79.0 Å². The van der Waals surface area contributed by atoms with E-state index in [4.69, 9.17) is 5.53 Å². The number of aromatic amines is 1. The fraction of sp³-hybridized carbons (Fsp3) is 0. The zero-order chi connectivity index (χ0) is 9.97. The zero-order valence-corrected chi connectivity index (χ0v) is 7.14. The highest BCUT2D eigenvalue weighted by Crippen LogP contribution is 2.14. The molecule has 0 fully saturated rings. The molecule has 0 aliphatic carbocycles. The van der Waals surface area contributed by atoms with Crippen molar-refractivity contribution >= 4 is 16.8 Å². The number of nitrogens with zero attached hydrogens (tertiary/aromatic N) is 3. The SMILES string of the molecule is [N-]=[N+]=NC(=O)c1ccc2[nH]ccc2c1. The van der Waals surface area contributed by atoms with Gasteiger partial charge < -0.3 is 4.98 Å². The van der Waals surface area contributed by atoms with E-state index in [9.17, 15) is 4.79 Å². The molecule has 0 atom stereocenters. The van der Waals surface area contributed by atoms with E-state index in [1.54, 1.807) is 24.4 Å². The highest BCUT2D eigenvalue weighted by atomic mass is 16.1. The van der Waals surface area contributed by atoms with Gasteiger partial charge in [-0.05, 0) is 34.9 Å². The van der Waals surface area contributed by atoms with Crippen LogP contribution in [0.2, 0.25) is 0 Å². The molecule has 1 aromatic carbocycles. The first-order valence-electron chi connectivity index (χ1n) is 3.98. The van der Waals surface area contributed by atoms with Crippen LogP contribution in [0.1, 0.15) is 10.4 Å². The maximum atomic E-state index is 11.2. The first-order valence-corrected chi connectivity index (χ1v) is 3.98. The number of aromatic nitrogens is 1. The van der Waals surface area contributed by atoms with Gasteiger partial charge >= 0.3 is 0 Å². The van der Waals surface area contributed by atoms with E-state index in [1.807, 2.05) is 6.07 Å². The van der Waals surface area contributed by atoms with Crippen molar-refractivity contribution in [3.05, 3.63) is 46.5 Å². The third-order valence-corrected chi connectivity index (χ3v) is 1.94. The van der Waals surface area contributed by atoms with E-state index in [0.717, 1.165) is 10.9 Å². The smallest absolute Gasteiger partial charge is 0.249 e. The maximum Gasteiger partial charge on any atom is 0.249 e. The Morgan fingerprint density at radius 3 is 3.07 bits per heavy atom. The molecule has 0 saturated carbocycles. The van der Waals surface area contributed by atoms with Gasteiger partial charge in [0.05, 0.1) is 0 Å². The molecule has 1 amide bonds. The molecule has 14 heavy (non-hydrogen) atoms. The first kappa shape index (κ1) is 8.34. The summed E-state index contributed by atoms with van der Waals surface area (Å²) in [5.41, 5.74) is 9.45. The Morgan fingerprint density at radius 1 is 1.43 bits per heavy atom. The summed E-state index contributed by atoms with van der Waals surface area (Å²) in [6.45, 7) is 0. The fourth-order valence-corrected chi connectivity index (χ4v) is 1.28. The van der Waals surface area contributed by atoms with Crippen molar-refractivity contribution in [1.29, 1.82) is 0 Å². The van der Waals surface area contributed by atoms with Gasteiger partial charge in [0.2, 0.25) is 5.91 Å². The average Bonchev–Trinajstić information content (AvgIpc) is 2.64. The molecule has 0 aliphatic heterocycles. The lowest BCUT2D eigenvalue weighted by Crippen LogP contribution is -1.91. The van der Waals surface area contributed by atoms with Crippen molar-refractivity contribution in [1.82, 2.24) is 4.98 Å². The summed E-state index contributed by atoms with van der Waals surface area (Å²) in [5.74, 6) is -0.560. The molecule has 2 aromatic rings. The van der Waals surface area contributed by atoms with Crippen LogP contribution in [0.3, 0.4) is 0 Å². The minimum Gasteiger partial charge on any atom is -0.361 e. The number of benzene rings is 1. The number of nitrogens with one attached hydrogen (secondary N) is 1.